The van der Waals surface area contributed by atoms with Crippen molar-refractivity contribution in [3.8, 4) is 0 Å². The van der Waals surface area contributed by atoms with Crippen molar-refractivity contribution < 1.29 is 32.6 Å². The fourth-order valence-corrected chi connectivity index (χ4v) is 5.77. The van der Waals surface area contributed by atoms with Crippen LogP contribution in [-0.4, -0.2) is 48.9 Å². The van der Waals surface area contributed by atoms with Crippen LogP contribution in [0.15, 0.2) is 65.1 Å². The number of carbonyl (C=O) groups excluding carboxylic acids is 2. The lowest BCUT2D eigenvalue weighted by molar-refractivity contribution is -0.210. The van der Waals surface area contributed by atoms with E-state index in [1.165, 1.54) is 17.0 Å². The molecule has 2 heterocycles. The van der Waals surface area contributed by atoms with Crippen LogP contribution >= 0.6 is 39.1 Å². The van der Waals surface area contributed by atoms with Gasteiger partial charge in [0.2, 0.25) is 5.72 Å². The molecule has 0 radical (unpaired) electrons. The Morgan fingerprint density at radius 1 is 1.10 bits per heavy atom. The molecule has 2 aliphatic heterocycles. The van der Waals surface area contributed by atoms with Crippen LogP contribution in [0.5, 0.6) is 0 Å². The smallest absolute Gasteiger partial charge is 0.308 e. The maximum absolute atomic E-state index is 16.0. The monoisotopic (exact) mass is 653 g/mol. The highest BCUT2D eigenvalue weighted by Gasteiger charge is 2.58. The number of hydrogen-bond donors (Lipinski definition) is 0. The molecule has 3 aromatic rings. The van der Waals surface area contributed by atoms with Gasteiger partial charge in [0, 0.05) is 20.1 Å². The van der Waals surface area contributed by atoms with Gasteiger partial charge < -0.3 is 14.2 Å². The molecule has 0 N–H and O–H groups in total. The zero-order valence-electron chi connectivity index (χ0n) is 21.3. The van der Waals surface area contributed by atoms with Crippen LogP contribution in [0.25, 0.3) is 0 Å². The summed E-state index contributed by atoms with van der Waals surface area (Å²) in [4.78, 5) is 28.5. The van der Waals surface area contributed by atoms with E-state index in [0.29, 0.717) is 25.6 Å². The van der Waals surface area contributed by atoms with Gasteiger partial charge in [-0.25, -0.2) is 8.78 Å². The molecule has 0 aliphatic carbocycles. The summed E-state index contributed by atoms with van der Waals surface area (Å²) in [7, 11) is 0. The largest absolute Gasteiger partial charge is 0.466 e. The topological polar surface area (TPSA) is 65.1 Å². The SMILES string of the molecule is CCOC(=O)C[C@@H](c1ccc(Cl)cc1)N1C(=O)c2cc(Br)cc(F)c2[C@]1(OCC1(F)COC1)c1ccc(Cl)cc1. The lowest BCUT2D eigenvalue weighted by atomic mass is 9.90. The molecular weight excluding hydrogens is 631 g/mol. The number of fused-ring (bicyclic) bond motifs is 1. The van der Waals surface area contributed by atoms with E-state index < -0.39 is 41.7 Å². The van der Waals surface area contributed by atoms with Crippen molar-refractivity contribution in [2.24, 2.45) is 0 Å². The van der Waals surface area contributed by atoms with E-state index in [0.717, 1.165) is 0 Å². The minimum Gasteiger partial charge on any atom is -0.466 e. The summed E-state index contributed by atoms with van der Waals surface area (Å²) < 4.78 is 48.5. The molecule has 11 heteroatoms. The molecule has 0 spiro atoms. The van der Waals surface area contributed by atoms with Crippen molar-refractivity contribution in [3.05, 3.63) is 103 Å². The molecule has 2 atom stereocenters. The van der Waals surface area contributed by atoms with Crippen molar-refractivity contribution in [1.29, 1.82) is 0 Å². The molecule has 0 aromatic heterocycles. The Morgan fingerprint density at radius 2 is 1.73 bits per heavy atom. The number of ether oxygens (including phenoxy) is 3. The molecular formula is C29H24BrCl2F2NO5. The molecule has 0 saturated carbocycles. The molecule has 3 aromatic carbocycles. The second kappa shape index (κ2) is 11.4. The van der Waals surface area contributed by atoms with Crippen molar-refractivity contribution in [2.45, 2.75) is 30.8 Å². The molecule has 0 unspecified atom stereocenters. The standard InChI is InChI=1S/C29H24BrCl2F2NO5/c1-2-39-25(36)13-24(17-3-7-20(31)8-4-17)35-27(37)22-11-19(30)12-23(33)26(22)29(35,18-5-9-21(32)10-6-18)40-16-28(34)14-38-15-28/h3-12,24H,2,13-16H2,1H3/t24-,29+/m0/s1. The first-order chi connectivity index (χ1) is 19.1. The van der Waals surface area contributed by atoms with Crippen LogP contribution in [0.2, 0.25) is 10.0 Å². The molecule has 2 aliphatic rings. The van der Waals surface area contributed by atoms with E-state index in [-0.39, 0.29) is 37.4 Å². The molecule has 40 heavy (non-hydrogen) atoms. The summed E-state index contributed by atoms with van der Waals surface area (Å²) in [6.07, 6.45) is -0.291. The number of amides is 1. The van der Waals surface area contributed by atoms with Crippen LogP contribution in [0.4, 0.5) is 8.78 Å². The number of halogens is 5. The van der Waals surface area contributed by atoms with Crippen molar-refractivity contribution >= 4 is 51.0 Å². The number of nitrogens with zero attached hydrogens (tertiary/aromatic N) is 1. The van der Waals surface area contributed by atoms with E-state index in [4.69, 9.17) is 37.4 Å². The third-order valence-corrected chi connectivity index (χ3v) is 7.87. The Kier molecular flexibility index (Phi) is 8.23. The van der Waals surface area contributed by atoms with Crippen LogP contribution in [-0.2, 0) is 24.7 Å². The van der Waals surface area contributed by atoms with E-state index >= 15 is 8.78 Å². The first-order valence-corrected chi connectivity index (χ1v) is 14.0. The lowest BCUT2D eigenvalue weighted by Crippen LogP contribution is -2.55. The Labute approximate surface area is 248 Å². The van der Waals surface area contributed by atoms with Gasteiger partial charge in [-0.3, -0.25) is 14.5 Å². The average Bonchev–Trinajstić information content (AvgIpc) is 3.14. The Morgan fingerprint density at radius 3 is 2.30 bits per heavy atom. The van der Waals surface area contributed by atoms with Gasteiger partial charge in [-0.15, -0.1) is 0 Å². The summed E-state index contributed by atoms with van der Waals surface area (Å²) in [5.41, 5.74) is -3.09. The Hall–Kier alpha value is -2.56. The molecule has 1 saturated heterocycles. The summed E-state index contributed by atoms with van der Waals surface area (Å²) in [5.74, 6) is -1.96. The normalized spacial score (nSPS) is 20.1. The summed E-state index contributed by atoms with van der Waals surface area (Å²) >= 11 is 15.6. The van der Waals surface area contributed by atoms with Gasteiger partial charge in [0.1, 0.15) is 5.82 Å². The van der Waals surface area contributed by atoms with Gasteiger partial charge in [-0.1, -0.05) is 63.4 Å². The zero-order valence-corrected chi connectivity index (χ0v) is 24.4. The van der Waals surface area contributed by atoms with Crippen LogP contribution in [0.1, 0.15) is 46.4 Å². The first-order valence-electron chi connectivity index (χ1n) is 12.5. The summed E-state index contributed by atoms with van der Waals surface area (Å²) in [6.45, 7) is 0.848. The third kappa shape index (κ3) is 5.25. The number of esters is 1. The molecule has 1 fully saturated rings. The minimum atomic E-state index is -1.98. The number of carbonyl (C=O) groups is 2. The van der Waals surface area contributed by atoms with E-state index in [9.17, 15) is 9.59 Å². The second-order valence-corrected chi connectivity index (χ2v) is 11.4. The van der Waals surface area contributed by atoms with Gasteiger partial charge in [0.25, 0.3) is 5.91 Å². The summed E-state index contributed by atoms with van der Waals surface area (Å²) in [5, 5.41) is 0.829. The number of hydrogen-bond acceptors (Lipinski definition) is 5. The van der Waals surface area contributed by atoms with Crippen LogP contribution in [0, 0.1) is 5.82 Å². The van der Waals surface area contributed by atoms with Gasteiger partial charge in [0.05, 0.1) is 50.0 Å². The Bertz CT molecular complexity index is 1440. The van der Waals surface area contributed by atoms with Crippen molar-refractivity contribution in [2.75, 3.05) is 26.4 Å². The highest BCUT2D eigenvalue weighted by molar-refractivity contribution is 9.10. The maximum atomic E-state index is 16.0. The second-order valence-electron chi connectivity index (χ2n) is 9.65. The first kappa shape index (κ1) is 29.0. The highest BCUT2D eigenvalue weighted by atomic mass is 79.9. The quantitative estimate of drug-likeness (QED) is 0.233. The fourth-order valence-electron chi connectivity index (χ4n) is 5.09. The van der Waals surface area contributed by atoms with Crippen LogP contribution < -0.4 is 0 Å². The van der Waals surface area contributed by atoms with E-state index in [2.05, 4.69) is 15.9 Å². The predicted molar refractivity (Wildman–Crippen MR) is 149 cm³/mol. The van der Waals surface area contributed by atoms with Gasteiger partial charge in [-0.05, 0) is 48.9 Å². The van der Waals surface area contributed by atoms with Gasteiger partial charge >= 0.3 is 5.97 Å². The Balaban J connectivity index is 1.78. The molecule has 6 nitrogen and oxygen atoms in total. The molecule has 0 bridgehead atoms. The average molecular weight is 655 g/mol. The third-order valence-electron chi connectivity index (χ3n) is 6.91. The van der Waals surface area contributed by atoms with Crippen molar-refractivity contribution in [1.82, 2.24) is 4.90 Å². The number of benzene rings is 3. The number of rotatable bonds is 9. The lowest BCUT2D eigenvalue weighted by Gasteiger charge is -2.45. The van der Waals surface area contributed by atoms with Crippen LogP contribution in [0.3, 0.4) is 0 Å². The molecule has 5 rings (SSSR count). The fraction of sp³-hybridized carbons (Fsp3) is 0.310. The zero-order chi connectivity index (χ0) is 28.7. The predicted octanol–water partition coefficient (Wildman–Crippen LogP) is 7.00. The van der Waals surface area contributed by atoms with E-state index in [1.807, 2.05) is 0 Å². The van der Waals surface area contributed by atoms with Gasteiger partial charge in [0.15, 0.2) is 5.67 Å². The van der Waals surface area contributed by atoms with Gasteiger partial charge in [-0.2, -0.15) is 0 Å². The minimum absolute atomic E-state index is 0.00224. The van der Waals surface area contributed by atoms with Crippen molar-refractivity contribution in [3.63, 3.8) is 0 Å². The molecule has 210 valence electrons. The summed E-state index contributed by atoms with van der Waals surface area (Å²) in [6, 6.07) is 14.6. The molecule has 1 amide bonds. The maximum Gasteiger partial charge on any atom is 0.308 e. The van der Waals surface area contributed by atoms with E-state index in [1.54, 1.807) is 55.5 Å². The highest BCUT2D eigenvalue weighted by Crippen LogP contribution is 2.52. The number of alkyl halides is 1.